The van der Waals surface area contributed by atoms with Crippen LogP contribution in [0.5, 0.6) is 5.75 Å². The van der Waals surface area contributed by atoms with Crippen molar-refractivity contribution in [3.05, 3.63) is 18.2 Å². The van der Waals surface area contributed by atoms with E-state index >= 15 is 0 Å². The number of nitrogens with one attached hydrogen (secondary N) is 1. The van der Waals surface area contributed by atoms with Gasteiger partial charge < -0.3 is 15.8 Å². The van der Waals surface area contributed by atoms with Gasteiger partial charge in [-0.15, -0.1) is 0 Å². The van der Waals surface area contributed by atoms with Crippen LogP contribution < -0.4 is 15.8 Å². The first-order chi connectivity index (χ1) is 9.51. The zero-order chi connectivity index (χ0) is 15.0. The van der Waals surface area contributed by atoms with Crippen molar-refractivity contribution in [2.45, 2.75) is 59.4 Å². The molecule has 0 bridgehead atoms. The van der Waals surface area contributed by atoms with Crippen molar-refractivity contribution in [2.24, 2.45) is 5.92 Å². The van der Waals surface area contributed by atoms with E-state index in [0.717, 1.165) is 36.1 Å². The molecule has 1 rings (SSSR count). The van der Waals surface area contributed by atoms with Gasteiger partial charge in [0.15, 0.2) is 0 Å². The van der Waals surface area contributed by atoms with Crippen LogP contribution in [0.15, 0.2) is 18.2 Å². The molecule has 0 amide bonds. The van der Waals surface area contributed by atoms with Gasteiger partial charge in [0.25, 0.3) is 0 Å². The van der Waals surface area contributed by atoms with Crippen LogP contribution in [0, 0.1) is 5.92 Å². The number of nitrogens with two attached hydrogens (primary N) is 1. The zero-order valence-electron chi connectivity index (χ0n) is 13.4. The summed E-state index contributed by atoms with van der Waals surface area (Å²) in [6.45, 7) is 9.59. The van der Waals surface area contributed by atoms with Gasteiger partial charge in [0.05, 0.1) is 6.61 Å². The third kappa shape index (κ3) is 6.69. The van der Waals surface area contributed by atoms with Crippen LogP contribution in [0.1, 0.15) is 53.4 Å². The van der Waals surface area contributed by atoms with Gasteiger partial charge in [-0.25, -0.2) is 0 Å². The number of benzene rings is 1. The predicted octanol–water partition coefficient (Wildman–Crippen LogP) is 4.68. The summed E-state index contributed by atoms with van der Waals surface area (Å²) in [6, 6.07) is 6.34. The Kier molecular flexibility index (Phi) is 7.27. The minimum atomic E-state index is 0.453. The lowest BCUT2D eigenvalue weighted by molar-refractivity contribution is 0.318. The largest absolute Gasteiger partial charge is 0.493 e. The summed E-state index contributed by atoms with van der Waals surface area (Å²) >= 11 is 0. The number of hydrogen-bond donors (Lipinski definition) is 2. The summed E-state index contributed by atoms with van der Waals surface area (Å²) in [5, 5.41) is 3.51. The third-order valence-corrected chi connectivity index (χ3v) is 3.23. The minimum absolute atomic E-state index is 0.453. The molecule has 1 aromatic carbocycles. The lowest BCUT2D eigenvalue weighted by Gasteiger charge is -2.17. The molecule has 0 aromatic heterocycles. The molecule has 0 saturated heterocycles. The predicted molar refractivity (Wildman–Crippen MR) is 88.4 cm³/mol. The first-order valence-corrected chi connectivity index (χ1v) is 7.81. The van der Waals surface area contributed by atoms with E-state index in [9.17, 15) is 0 Å². The Bertz CT molecular complexity index is 391. The molecule has 1 atom stereocenters. The van der Waals surface area contributed by atoms with Crippen molar-refractivity contribution < 1.29 is 4.74 Å². The molecule has 3 heteroatoms. The number of rotatable bonds is 9. The molecule has 114 valence electrons. The Morgan fingerprint density at radius 1 is 1.15 bits per heavy atom. The Balaban J connectivity index is 2.51. The normalized spacial score (nSPS) is 12.4. The molecule has 0 spiro atoms. The number of anilines is 2. The summed E-state index contributed by atoms with van der Waals surface area (Å²) in [6.07, 6.45) is 4.72. The van der Waals surface area contributed by atoms with Gasteiger partial charge in [-0.1, -0.05) is 33.6 Å². The second-order valence-corrected chi connectivity index (χ2v) is 6.01. The second kappa shape index (κ2) is 8.72. The van der Waals surface area contributed by atoms with E-state index in [1.54, 1.807) is 0 Å². The highest BCUT2D eigenvalue weighted by molar-refractivity contribution is 5.59. The molecular weight excluding hydrogens is 248 g/mol. The Morgan fingerprint density at radius 2 is 1.90 bits per heavy atom. The van der Waals surface area contributed by atoms with Gasteiger partial charge in [0.1, 0.15) is 5.75 Å². The van der Waals surface area contributed by atoms with Gasteiger partial charge in [-0.2, -0.15) is 0 Å². The van der Waals surface area contributed by atoms with Crippen molar-refractivity contribution in [3.8, 4) is 5.75 Å². The summed E-state index contributed by atoms with van der Waals surface area (Å²) < 4.78 is 5.65. The highest BCUT2D eigenvalue weighted by Crippen LogP contribution is 2.24. The van der Waals surface area contributed by atoms with E-state index in [0.29, 0.717) is 6.04 Å². The van der Waals surface area contributed by atoms with Gasteiger partial charge >= 0.3 is 0 Å². The van der Waals surface area contributed by atoms with E-state index in [-0.39, 0.29) is 0 Å². The monoisotopic (exact) mass is 278 g/mol. The quantitative estimate of drug-likeness (QED) is 0.644. The summed E-state index contributed by atoms with van der Waals surface area (Å²) in [7, 11) is 0. The Labute approximate surface area is 123 Å². The summed E-state index contributed by atoms with van der Waals surface area (Å²) in [4.78, 5) is 0. The number of ether oxygens (including phenoxy) is 1. The summed E-state index contributed by atoms with van der Waals surface area (Å²) in [5.41, 5.74) is 7.72. The maximum atomic E-state index is 5.93. The van der Waals surface area contributed by atoms with Gasteiger partial charge in [0, 0.05) is 29.5 Å². The Hall–Kier alpha value is -1.38. The highest BCUT2D eigenvalue weighted by Gasteiger charge is 2.05. The van der Waals surface area contributed by atoms with Crippen LogP contribution in [0.25, 0.3) is 0 Å². The molecule has 0 heterocycles. The molecular formula is C17H30N2O. The molecule has 0 aliphatic rings. The average molecular weight is 278 g/mol. The van der Waals surface area contributed by atoms with Crippen molar-refractivity contribution in [3.63, 3.8) is 0 Å². The van der Waals surface area contributed by atoms with Crippen molar-refractivity contribution in [1.29, 1.82) is 0 Å². The minimum Gasteiger partial charge on any atom is -0.493 e. The van der Waals surface area contributed by atoms with Crippen LogP contribution in [-0.4, -0.2) is 12.6 Å². The molecule has 0 fully saturated rings. The molecule has 0 radical (unpaired) electrons. The van der Waals surface area contributed by atoms with E-state index < -0.39 is 0 Å². The standard InChI is InChI=1S/C17H30N2O/c1-5-9-20-17-11-15(18)10-16(12-17)19-14(4)8-6-7-13(2)3/h10-14,19H,5-9,18H2,1-4H3. The second-order valence-electron chi connectivity index (χ2n) is 6.01. The van der Waals surface area contributed by atoms with Gasteiger partial charge in [-0.3, -0.25) is 0 Å². The lowest BCUT2D eigenvalue weighted by atomic mass is 10.0. The Morgan fingerprint density at radius 3 is 2.55 bits per heavy atom. The smallest absolute Gasteiger partial charge is 0.123 e. The highest BCUT2D eigenvalue weighted by atomic mass is 16.5. The SMILES string of the molecule is CCCOc1cc(N)cc(NC(C)CCCC(C)C)c1. The fourth-order valence-corrected chi connectivity index (χ4v) is 2.20. The van der Waals surface area contributed by atoms with Crippen LogP contribution in [-0.2, 0) is 0 Å². The average Bonchev–Trinajstić information content (AvgIpc) is 2.35. The van der Waals surface area contributed by atoms with Crippen LogP contribution in [0.3, 0.4) is 0 Å². The first-order valence-electron chi connectivity index (χ1n) is 7.81. The van der Waals surface area contributed by atoms with E-state index in [4.69, 9.17) is 10.5 Å². The van der Waals surface area contributed by atoms with E-state index in [1.165, 1.54) is 19.3 Å². The molecule has 0 aliphatic heterocycles. The van der Waals surface area contributed by atoms with Crippen LogP contribution >= 0.6 is 0 Å². The zero-order valence-corrected chi connectivity index (χ0v) is 13.4. The molecule has 3 N–H and O–H groups in total. The molecule has 0 aliphatic carbocycles. The van der Waals surface area contributed by atoms with Crippen LogP contribution in [0.4, 0.5) is 11.4 Å². The lowest BCUT2D eigenvalue weighted by Crippen LogP contribution is -2.15. The van der Waals surface area contributed by atoms with Crippen molar-refractivity contribution >= 4 is 11.4 Å². The molecule has 0 saturated carbocycles. The van der Waals surface area contributed by atoms with Crippen LogP contribution in [0.2, 0.25) is 0 Å². The molecule has 1 unspecified atom stereocenters. The van der Waals surface area contributed by atoms with E-state index in [1.807, 2.05) is 18.2 Å². The van der Waals surface area contributed by atoms with Gasteiger partial charge in [-0.05, 0) is 31.7 Å². The van der Waals surface area contributed by atoms with Crippen molar-refractivity contribution in [2.75, 3.05) is 17.7 Å². The van der Waals surface area contributed by atoms with Crippen molar-refractivity contribution in [1.82, 2.24) is 0 Å². The maximum absolute atomic E-state index is 5.93. The topological polar surface area (TPSA) is 47.3 Å². The maximum Gasteiger partial charge on any atom is 0.123 e. The first kappa shape index (κ1) is 16.7. The molecule has 3 nitrogen and oxygen atoms in total. The number of nitrogen functional groups attached to an aromatic ring is 1. The summed E-state index contributed by atoms with van der Waals surface area (Å²) in [5.74, 6) is 1.63. The van der Waals surface area contributed by atoms with Gasteiger partial charge in [0.2, 0.25) is 0 Å². The fraction of sp³-hybridized carbons (Fsp3) is 0.647. The fourth-order valence-electron chi connectivity index (χ4n) is 2.20. The molecule has 1 aromatic rings. The van der Waals surface area contributed by atoms with E-state index in [2.05, 4.69) is 33.0 Å². The third-order valence-electron chi connectivity index (χ3n) is 3.23. The molecule has 20 heavy (non-hydrogen) atoms. The number of hydrogen-bond acceptors (Lipinski definition) is 3.